The molecule has 246 valence electrons. The molecule has 48 heavy (non-hydrogen) atoms. The van der Waals surface area contributed by atoms with E-state index >= 15 is 4.79 Å². The van der Waals surface area contributed by atoms with E-state index in [2.05, 4.69) is 62.4 Å². The van der Waals surface area contributed by atoms with Gasteiger partial charge >= 0.3 is 6.09 Å². The van der Waals surface area contributed by atoms with Crippen LogP contribution in [0.2, 0.25) is 0 Å². The summed E-state index contributed by atoms with van der Waals surface area (Å²) in [5.41, 5.74) is 2.94. The molecule has 3 spiro atoms. The van der Waals surface area contributed by atoms with Gasteiger partial charge in [0.05, 0.1) is 12.6 Å². The van der Waals surface area contributed by atoms with Crippen LogP contribution in [-0.2, 0) is 11.3 Å². The first-order valence-corrected chi connectivity index (χ1v) is 18.0. The summed E-state index contributed by atoms with van der Waals surface area (Å²) in [6.45, 7) is 5.93. The maximum Gasteiger partial charge on any atom is 0.410 e. The minimum atomic E-state index is -0.594. The molecule has 0 unspecified atom stereocenters. The van der Waals surface area contributed by atoms with Crippen LogP contribution in [0.1, 0.15) is 74.7 Å². The maximum atomic E-state index is 15.3. The van der Waals surface area contributed by atoms with Crippen LogP contribution in [-0.4, -0.2) is 40.1 Å². The van der Waals surface area contributed by atoms with E-state index in [0.29, 0.717) is 19.5 Å². The smallest absolute Gasteiger partial charge is 0.410 e. The number of nitrogens with zero attached hydrogens (tertiary/aromatic N) is 1. The van der Waals surface area contributed by atoms with E-state index in [0.717, 1.165) is 66.4 Å². The number of amides is 1. The highest BCUT2D eigenvalue weighted by molar-refractivity contribution is 6.14. The molecule has 4 fully saturated rings. The van der Waals surface area contributed by atoms with Gasteiger partial charge in [0.2, 0.25) is 0 Å². The van der Waals surface area contributed by atoms with Crippen LogP contribution in [0.25, 0.3) is 11.1 Å². The Balaban J connectivity index is 1.17. The number of aliphatic hydroxyl groups is 1. The number of carbonyl (C=O) groups excluding carboxylic acids is 2. The molecule has 3 saturated carbocycles. The Kier molecular flexibility index (Phi) is 6.45. The van der Waals surface area contributed by atoms with Gasteiger partial charge in [-0.1, -0.05) is 117 Å². The average molecular weight is 640 g/mol. The molecule has 3 aromatic carbocycles. The number of hydrogen-bond acceptors (Lipinski definition) is 4. The van der Waals surface area contributed by atoms with Crippen molar-refractivity contribution in [3.63, 3.8) is 0 Å². The standard InChI is InChI=1S/C43H45NO4/c1-39-20-17-31(45)25-41(39)23-24-43(34(26-41)37(46)33-16-10-9-15-32(33)30-13-7-4-8-14-30)35(39)18-21-40(2)36(43)19-22-42(40)28-44(38(47)48-42)27-29-11-5-3-6-12-29/h3-16,23-24,26,31,35-36,45H,17-22,25,27-28H2,1-2H3/t31-,35+,36+,39+,40-,41-,42+,43-/m0/s1. The molecule has 0 aromatic heterocycles. The molecule has 3 aromatic rings. The molecular formula is C43H45NO4. The first-order valence-electron chi connectivity index (χ1n) is 18.0. The van der Waals surface area contributed by atoms with Gasteiger partial charge in [0.15, 0.2) is 5.78 Å². The summed E-state index contributed by atoms with van der Waals surface area (Å²) in [4.78, 5) is 30.8. The van der Waals surface area contributed by atoms with Crippen LogP contribution in [0.4, 0.5) is 4.79 Å². The van der Waals surface area contributed by atoms with Gasteiger partial charge in [-0.05, 0) is 78.9 Å². The average Bonchev–Trinajstić information content (AvgIpc) is 3.58. The van der Waals surface area contributed by atoms with Crippen LogP contribution < -0.4 is 0 Å². The zero-order chi connectivity index (χ0) is 32.9. The second-order valence-electron chi connectivity index (χ2n) is 16.2. The van der Waals surface area contributed by atoms with Crippen LogP contribution >= 0.6 is 0 Å². The lowest BCUT2D eigenvalue weighted by atomic mass is 9.32. The van der Waals surface area contributed by atoms with Crippen molar-refractivity contribution in [2.24, 2.45) is 33.5 Å². The van der Waals surface area contributed by atoms with Crippen molar-refractivity contribution in [2.45, 2.75) is 77.0 Å². The summed E-state index contributed by atoms with van der Waals surface area (Å²) >= 11 is 0. The second-order valence-corrected chi connectivity index (χ2v) is 16.2. The summed E-state index contributed by atoms with van der Waals surface area (Å²) in [5.74, 6) is 0.510. The molecule has 5 nitrogen and oxygen atoms in total. The number of aliphatic hydroxyl groups excluding tert-OH is 1. The number of ketones is 1. The monoisotopic (exact) mass is 639 g/mol. The first kappa shape index (κ1) is 30.1. The van der Waals surface area contributed by atoms with Crippen molar-refractivity contribution in [3.05, 3.63) is 120 Å². The fourth-order valence-corrected chi connectivity index (χ4v) is 12.0. The highest BCUT2D eigenvalue weighted by Crippen LogP contribution is 2.79. The number of hydrogen-bond donors (Lipinski definition) is 1. The first-order chi connectivity index (χ1) is 23.1. The molecule has 0 radical (unpaired) electrons. The van der Waals surface area contributed by atoms with Crippen LogP contribution in [0.3, 0.4) is 0 Å². The van der Waals surface area contributed by atoms with Gasteiger partial charge in [0, 0.05) is 33.9 Å². The third kappa shape index (κ3) is 3.83. The molecule has 5 heteroatoms. The zero-order valence-corrected chi connectivity index (χ0v) is 28.0. The molecule has 1 saturated heterocycles. The Labute approximate surface area is 283 Å². The highest BCUT2D eigenvalue weighted by atomic mass is 16.6. The van der Waals surface area contributed by atoms with E-state index in [-0.39, 0.29) is 46.1 Å². The minimum Gasteiger partial charge on any atom is -0.440 e. The summed E-state index contributed by atoms with van der Waals surface area (Å²) < 4.78 is 6.58. The van der Waals surface area contributed by atoms with Gasteiger partial charge < -0.3 is 9.84 Å². The van der Waals surface area contributed by atoms with Crippen molar-refractivity contribution in [3.8, 4) is 11.1 Å². The molecule has 7 aliphatic rings. The lowest BCUT2D eigenvalue weighted by Crippen LogP contribution is -2.67. The van der Waals surface area contributed by atoms with E-state index in [4.69, 9.17) is 4.74 Å². The molecular weight excluding hydrogens is 594 g/mol. The fourth-order valence-electron chi connectivity index (χ4n) is 12.0. The summed E-state index contributed by atoms with van der Waals surface area (Å²) in [6.07, 6.45) is 12.6. The lowest BCUT2D eigenvalue weighted by molar-refractivity contribution is -0.164. The third-order valence-corrected chi connectivity index (χ3v) is 14.4. The van der Waals surface area contributed by atoms with E-state index in [9.17, 15) is 9.90 Å². The van der Waals surface area contributed by atoms with Gasteiger partial charge in [-0.2, -0.15) is 0 Å². The number of fused-ring (bicyclic) bond motifs is 2. The summed E-state index contributed by atoms with van der Waals surface area (Å²) in [7, 11) is 0. The van der Waals surface area contributed by atoms with Crippen molar-refractivity contribution in [1.82, 2.24) is 4.90 Å². The Bertz CT molecular complexity index is 1870. The van der Waals surface area contributed by atoms with Crippen LogP contribution in [0, 0.1) is 33.5 Å². The number of Topliss-reactive ketones (excluding diaryl/α,β-unsaturated/α-hetero) is 1. The molecule has 10 rings (SSSR count). The number of rotatable bonds is 5. The van der Waals surface area contributed by atoms with Crippen molar-refractivity contribution in [1.29, 1.82) is 0 Å². The predicted molar refractivity (Wildman–Crippen MR) is 186 cm³/mol. The Morgan fingerprint density at radius 3 is 2.29 bits per heavy atom. The quantitative estimate of drug-likeness (QED) is 0.224. The van der Waals surface area contributed by atoms with Gasteiger partial charge in [-0.25, -0.2) is 4.79 Å². The van der Waals surface area contributed by atoms with Gasteiger partial charge in [-0.15, -0.1) is 0 Å². The minimum absolute atomic E-state index is 0.0630. The Morgan fingerprint density at radius 1 is 0.833 bits per heavy atom. The third-order valence-electron chi connectivity index (χ3n) is 14.4. The molecule has 6 aliphatic carbocycles. The summed E-state index contributed by atoms with van der Waals surface area (Å²) in [6, 6.07) is 28.5. The van der Waals surface area contributed by atoms with E-state index < -0.39 is 11.0 Å². The second kappa shape index (κ2) is 10.3. The van der Waals surface area contributed by atoms with Crippen molar-refractivity contribution < 1.29 is 19.4 Å². The van der Waals surface area contributed by atoms with Crippen LogP contribution in [0.5, 0.6) is 0 Å². The molecule has 2 bridgehead atoms. The molecule has 1 aliphatic heterocycles. The molecule has 1 amide bonds. The fraction of sp³-hybridized carbons (Fsp3) is 0.442. The van der Waals surface area contributed by atoms with Crippen molar-refractivity contribution >= 4 is 11.9 Å². The largest absolute Gasteiger partial charge is 0.440 e. The van der Waals surface area contributed by atoms with Crippen molar-refractivity contribution in [2.75, 3.05) is 6.54 Å². The number of carbonyl (C=O) groups is 2. The molecule has 1 heterocycles. The van der Waals surface area contributed by atoms with Crippen LogP contribution in [0.15, 0.2) is 109 Å². The molecule has 1 N–H and O–H groups in total. The molecule has 8 atom stereocenters. The van der Waals surface area contributed by atoms with E-state index in [1.807, 2.05) is 59.5 Å². The SMILES string of the molecule is C[C@]12CC[C@H]3[C@@]4(C=C[C@@]5(C=C4C(=O)c4ccccc4-c4ccccc4)C[C@@H](O)CC[C@]35C)[C@@H]1CC[C@@]21CN(Cc2ccccc2)C(=O)O1. The Hall–Kier alpha value is -3.96. The maximum absolute atomic E-state index is 15.3. The lowest BCUT2D eigenvalue weighted by Gasteiger charge is -2.71. The van der Waals surface area contributed by atoms with Gasteiger partial charge in [0.25, 0.3) is 0 Å². The number of benzene rings is 3. The Morgan fingerprint density at radius 2 is 1.50 bits per heavy atom. The van der Waals surface area contributed by atoms with Gasteiger partial charge in [0.1, 0.15) is 5.60 Å². The van der Waals surface area contributed by atoms with E-state index in [1.54, 1.807) is 0 Å². The number of ether oxygens (including phenoxy) is 1. The predicted octanol–water partition coefficient (Wildman–Crippen LogP) is 8.79. The highest BCUT2D eigenvalue weighted by Gasteiger charge is 2.76. The zero-order valence-electron chi connectivity index (χ0n) is 28.0. The summed E-state index contributed by atoms with van der Waals surface area (Å²) in [5, 5.41) is 11.1. The number of allylic oxidation sites excluding steroid dienone is 4. The topological polar surface area (TPSA) is 66.8 Å². The normalized spacial score (nSPS) is 39.1. The van der Waals surface area contributed by atoms with E-state index in [1.165, 1.54) is 0 Å². The van der Waals surface area contributed by atoms with Gasteiger partial charge in [-0.3, -0.25) is 9.69 Å².